The molecular weight excluding hydrogens is 272 g/mol. The smallest absolute Gasteiger partial charge is 0.115 e. The Hall–Kier alpha value is -3.00. The summed E-state index contributed by atoms with van der Waals surface area (Å²) in [4.78, 5) is 0. The summed E-state index contributed by atoms with van der Waals surface area (Å²) in [7, 11) is 0. The van der Waals surface area contributed by atoms with Gasteiger partial charge in [-0.3, -0.25) is 0 Å². The van der Waals surface area contributed by atoms with Crippen molar-refractivity contribution in [1.82, 2.24) is 0 Å². The summed E-state index contributed by atoms with van der Waals surface area (Å²) in [6.07, 6.45) is 2.10. The van der Waals surface area contributed by atoms with Crippen molar-refractivity contribution in [1.29, 1.82) is 0 Å². The van der Waals surface area contributed by atoms with Gasteiger partial charge in [-0.15, -0.1) is 0 Å². The molecule has 0 atom stereocenters. The van der Waals surface area contributed by atoms with Gasteiger partial charge in [0.1, 0.15) is 11.5 Å². The van der Waals surface area contributed by atoms with Gasteiger partial charge in [0.25, 0.3) is 0 Å². The molecule has 0 saturated carbocycles. The minimum absolute atomic E-state index is 0.244. The average molecular weight is 288 g/mol. The van der Waals surface area contributed by atoms with Crippen molar-refractivity contribution < 1.29 is 10.2 Å². The number of phenols is 2. The van der Waals surface area contributed by atoms with E-state index in [0.29, 0.717) is 0 Å². The van der Waals surface area contributed by atoms with E-state index in [2.05, 4.69) is 6.08 Å². The third-order valence-electron chi connectivity index (χ3n) is 3.47. The van der Waals surface area contributed by atoms with Gasteiger partial charge < -0.3 is 10.2 Å². The van der Waals surface area contributed by atoms with Crippen LogP contribution in [0.25, 0.3) is 11.6 Å². The third kappa shape index (κ3) is 3.18. The van der Waals surface area contributed by atoms with E-state index in [0.717, 1.165) is 22.3 Å². The number of rotatable bonds is 3. The lowest BCUT2D eigenvalue weighted by Crippen LogP contribution is -1.88. The summed E-state index contributed by atoms with van der Waals surface area (Å²) in [5, 5.41) is 19.0. The first kappa shape index (κ1) is 14.0. The first-order valence-electron chi connectivity index (χ1n) is 7.08. The molecule has 0 heterocycles. The zero-order valence-corrected chi connectivity index (χ0v) is 12.0. The summed E-state index contributed by atoms with van der Waals surface area (Å²) >= 11 is 0. The molecule has 0 amide bonds. The Labute approximate surface area is 129 Å². The highest BCUT2D eigenvalue weighted by Gasteiger charge is 2.06. The first-order valence-corrected chi connectivity index (χ1v) is 7.08. The van der Waals surface area contributed by atoms with Crippen LogP contribution in [0, 0.1) is 0 Å². The van der Waals surface area contributed by atoms with E-state index in [9.17, 15) is 10.2 Å². The lowest BCUT2D eigenvalue weighted by Gasteiger charge is -2.09. The van der Waals surface area contributed by atoms with Gasteiger partial charge in [0.2, 0.25) is 0 Å². The second-order valence-electron chi connectivity index (χ2n) is 5.06. The molecule has 0 saturated heterocycles. The van der Waals surface area contributed by atoms with Gasteiger partial charge in [0, 0.05) is 0 Å². The van der Waals surface area contributed by atoms with Crippen LogP contribution >= 0.6 is 0 Å². The molecule has 3 aromatic carbocycles. The maximum absolute atomic E-state index is 9.48. The molecular formula is C20H16O2. The normalized spacial score (nSPS) is 10.2. The average Bonchev–Trinajstić information content (AvgIpc) is 2.56. The van der Waals surface area contributed by atoms with Crippen LogP contribution < -0.4 is 0 Å². The number of hydrogen-bond acceptors (Lipinski definition) is 2. The number of phenolic OH excluding ortho intramolecular Hbond substituents is 2. The zero-order chi connectivity index (χ0) is 15.4. The molecule has 0 spiro atoms. The lowest BCUT2D eigenvalue weighted by atomic mass is 9.95. The van der Waals surface area contributed by atoms with E-state index in [1.807, 2.05) is 54.6 Å². The Morgan fingerprint density at radius 2 is 1.05 bits per heavy atom. The molecule has 22 heavy (non-hydrogen) atoms. The first-order chi connectivity index (χ1) is 10.7. The predicted molar refractivity (Wildman–Crippen MR) is 89.6 cm³/mol. The highest BCUT2D eigenvalue weighted by molar-refractivity contribution is 5.91. The quantitative estimate of drug-likeness (QED) is 0.687. The number of benzene rings is 3. The van der Waals surface area contributed by atoms with E-state index in [4.69, 9.17) is 0 Å². The molecule has 3 rings (SSSR count). The van der Waals surface area contributed by atoms with Crippen molar-refractivity contribution in [2.45, 2.75) is 0 Å². The molecule has 0 unspecified atom stereocenters. The van der Waals surface area contributed by atoms with Gasteiger partial charge >= 0.3 is 0 Å². The molecule has 0 fully saturated rings. The van der Waals surface area contributed by atoms with E-state index in [-0.39, 0.29) is 11.5 Å². The fourth-order valence-corrected chi connectivity index (χ4v) is 2.33. The van der Waals surface area contributed by atoms with Crippen molar-refractivity contribution in [3.63, 3.8) is 0 Å². The predicted octanol–water partition coefficient (Wildman–Crippen LogP) is 4.69. The molecule has 0 aliphatic rings. The number of aromatic hydroxyl groups is 2. The largest absolute Gasteiger partial charge is 0.508 e. The topological polar surface area (TPSA) is 40.5 Å². The Morgan fingerprint density at radius 1 is 0.591 bits per heavy atom. The van der Waals surface area contributed by atoms with Crippen LogP contribution in [0.2, 0.25) is 0 Å². The minimum atomic E-state index is 0.244. The SMILES string of the molecule is Oc1ccc(C(=Cc2ccccc2)c2ccc(O)cc2)cc1. The zero-order valence-electron chi connectivity index (χ0n) is 12.0. The summed E-state index contributed by atoms with van der Waals surface area (Å²) in [5.41, 5.74) is 4.14. The van der Waals surface area contributed by atoms with Gasteiger partial charge in [-0.05, 0) is 52.6 Å². The Balaban J connectivity index is 2.11. The molecule has 2 N–H and O–H groups in total. The maximum Gasteiger partial charge on any atom is 0.115 e. The van der Waals surface area contributed by atoms with Gasteiger partial charge in [-0.1, -0.05) is 54.6 Å². The second-order valence-corrected chi connectivity index (χ2v) is 5.06. The fourth-order valence-electron chi connectivity index (χ4n) is 2.33. The minimum Gasteiger partial charge on any atom is -0.508 e. The van der Waals surface area contributed by atoms with Crippen molar-refractivity contribution in [3.05, 3.63) is 95.6 Å². The molecule has 2 heteroatoms. The van der Waals surface area contributed by atoms with Crippen LogP contribution in [0.1, 0.15) is 16.7 Å². The van der Waals surface area contributed by atoms with E-state index in [1.54, 1.807) is 24.3 Å². The molecule has 0 bridgehead atoms. The van der Waals surface area contributed by atoms with Gasteiger partial charge in [-0.2, -0.15) is 0 Å². The molecule has 0 radical (unpaired) electrons. The van der Waals surface area contributed by atoms with E-state index in [1.165, 1.54) is 0 Å². The van der Waals surface area contributed by atoms with Crippen molar-refractivity contribution >= 4 is 11.6 Å². The highest BCUT2D eigenvalue weighted by atomic mass is 16.3. The summed E-state index contributed by atoms with van der Waals surface area (Å²) in [6.45, 7) is 0. The summed E-state index contributed by atoms with van der Waals surface area (Å²) in [5.74, 6) is 0.488. The van der Waals surface area contributed by atoms with Crippen LogP contribution in [0.4, 0.5) is 0 Å². The third-order valence-corrected chi connectivity index (χ3v) is 3.47. The van der Waals surface area contributed by atoms with Crippen LogP contribution in [-0.2, 0) is 0 Å². The molecule has 0 aliphatic carbocycles. The molecule has 0 aromatic heterocycles. The summed E-state index contributed by atoms with van der Waals surface area (Å²) in [6, 6.07) is 24.3. The molecule has 108 valence electrons. The Kier molecular flexibility index (Phi) is 3.92. The Morgan fingerprint density at radius 3 is 1.50 bits per heavy atom. The molecule has 2 nitrogen and oxygen atoms in total. The van der Waals surface area contributed by atoms with Crippen molar-refractivity contribution in [3.8, 4) is 11.5 Å². The lowest BCUT2D eigenvalue weighted by molar-refractivity contribution is 0.475. The van der Waals surface area contributed by atoms with E-state index < -0.39 is 0 Å². The van der Waals surface area contributed by atoms with Crippen LogP contribution in [0.3, 0.4) is 0 Å². The van der Waals surface area contributed by atoms with Crippen LogP contribution in [-0.4, -0.2) is 10.2 Å². The van der Waals surface area contributed by atoms with Gasteiger partial charge in [0.05, 0.1) is 0 Å². The van der Waals surface area contributed by atoms with Gasteiger partial charge in [0.15, 0.2) is 0 Å². The number of hydrogen-bond donors (Lipinski definition) is 2. The summed E-state index contributed by atoms with van der Waals surface area (Å²) < 4.78 is 0. The Bertz CT molecular complexity index is 723. The molecule has 3 aromatic rings. The van der Waals surface area contributed by atoms with Crippen molar-refractivity contribution in [2.24, 2.45) is 0 Å². The maximum atomic E-state index is 9.48. The highest BCUT2D eigenvalue weighted by Crippen LogP contribution is 2.28. The molecule has 0 aliphatic heterocycles. The van der Waals surface area contributed by atoms with Crippen molar-refractivity contribution in [2.75, 3.05) is 0 Å². The van der Waals surface area contributed by atoms with Gasteiger partial charge in [-0.25, -0.2) is 0 Å². The van der Waals surface area contributed by atoms with Crippen LogP contribution in [0.5, 0.6) is 11.5 Å². The van der Waals surface area contributed by atoms with Crippen LogP contribution in [0.15, 0.2) is 78.9 Å². The monoisotopic (exact) mass is 288 g/mol. The standard InChI is InChI=1S/C20H16O2/c21-18-10-6-16(7-11-18)20(14-15-4-2-1-3-5-15)17-8-12-19(22)13-9-17/h1-14,21-22H. The second kappa shape index (κ2) is 6.19. The van der Waals surface area contributed by atoms with E-state index >= 15 is 0 Å². The fraction of sp³-hybridized carbons (Fsp3) is 0.